The average Bonchev–Trinajstić information content (AvgIpc) is 2.95. The van der Waals surface area contributed by atoms with E-state index < -0.39 is 22.7 Å². The maximum atomic E-state index is 13.1. The highest BCUT2D eigenvalue weighted by Gasteiger charge is 2.54. The first-order chi connectivity index (χ1) is 13.7. The van der Waals surface area contributed by atoms with Crippen LogP contribution in [0.4, 0.5) is 14.5 Å². The van der Waals surface area contributed by atoms with Crippen molar-refractivity contribution in [3.63, 3.8) is 0 Å². The van der Waals surface area contributed by atoms with Crippen molar-refractivity contribution in [2.75, 3.05) is 0 Å². The van der Waals surface area contributed by atoms with E-state index in [1.807, 2.05) is 0 Å². The highest BCUT2D eigenvalue weighted by atomic mass is 19.3. The Balaban J connectivity index is 1.49. The van der Waals surface area contributed by atoms with Gasteiger partial charge in [-0.05, 0) is 75.0 Å². The Kier molecular flexibility index (Phi) is 5.11. The minimum atomic E-state index is -3.06. The number of hydrogen-bond acceptors (Lipinski definition) is 4. The molecular formula is C20H28F2N4O3. The van der Waals surface area contributed by atoms with E-state index in [9.17, 15) is 23.7 Å². The van der Waals surface area contributed by atoms with Crippen molar-refractivity contribution in [3.8, 4) is 0 Å². The van der Waals surface area contributed by atoms with E-state index in [-0.39, 0.29) is 29.6 Å². The zero-order valence-electron chi connectivity index (χ0n) is 16.9. The lowest BCUT2D eigenvalue weighted by Gasteiger charge is -2.59. The molecule has 4 fully saturated rings. The molecule has 7 nitrogen and oxygen atoms in total. The second-order valence-electron chi connectivity index (χ2n) is 9.34. The fourth-order valence-corrected chi connectivity index (χ4v) is 6.76. The number of alkyl halides is 2. The molecule has 9 heteroatoms. The number of halogens is 2. The van der Waals surface area contributed by atoms with Crippen LogP contribution in [0.3, 0.4) is 0 Å². The third-order valence-corrected chi connectivity index (χ3v) is 7.45. The molecule has 1 amide bonds. The molecule has 0 saturated heterocycles. The number of carbonyl (C=O) groups is 1. The van der Waals surface area contributed by atoms with Gasteiger partial charge in [-0.3, -0.25) is 19.6 Å². The first kappa shape index (κ1) is 20.2. The lowest BCUT2D eigenvalue weighted by molar-refractivity contribution is -0.386. The summed E-state index contributed by atoms with van der Waals surface area (Å²) in [5, 5.41) is 17.9. The number of amides is 1. The topological polar surface area (TPSA) is 90.1 Å². The van der Waals surface area contributed by atoms with Crippen LogP contribution in [0.25, 0.3) is 0 Å². The third kappa shape index (κ3) is 3.53. The molecule has 0 radical (unpaired) electrons. The summed E-state index contributed by atoms with van der Waals surface area (Å²) in [6.45, 7) is 3.13. The molecule has 0 spiro atoms. The Morgan fingerprint density at radius 2 is 1.83 bits per heavy atom. The maximum Gasteiger partial charge on any atom is 0.319 e. The molecule has 1 heterocycles. The van der Waals surface area contributed by atoms with Crippen LogP contribution in [0.15, 0.2) is 0 Å². The monoisotopic (exact) mass is 410 g/mol. The zero-order chi connectivity index (χ0) is 20.9. The van der Waals surface area contributed by atoms with Crippen molar-refractivity contribution < 1.29 is 18.5 Å². The van der Waals surface area contributed by atoms with E-state index in [2.05, 4.69) is 17.3 Å². The third-order valence-electron chi connectivity index (χ3n) is 7.45. The minimum absolute atomic E-state index is 0.0247. The lowest BCUT2D eigenvalue weighted by atomic mass is 9.47. The molecule has 1 unspecified atom stereocenters. The van der Waals surface area contributed by atoms with Crippen LogP contribution >= 0.6 is 0 Å². The molecule has 4 aliphatic rings. The maximum absolute atomic E-state index is 13.1. The van der Waals surface area contributed by atoms with Gasteiger partial charge in [-0.15, -0.1) is 0 Å². The zero-order valence-corrected chi connectivity index (χ0v) is 16.9. The van der Waals surface area contributed by atoms with Crippen molar-refractivity contribution in [3.05, 3.63) is 21.5 Å². The molecular weight excluding hydrogens is 382 g/mol. The van der Waals surface area contributed by atoms with Crippen molar-refractivity contribution in [2.45, 2.75) is 77.8 Å². The van der Waals surface area contributed by atoms with Crippen LogP contribution in [-0.4, -0.2) is 26.7 Å². The number of carbonyl (C=O) groups excluding carboxylic acids is 1. The molecule has 1 atom stereocenters. The smallest absolute Gasteiger partial charge is 0.319 e. The summed E-state index contributed by atoms with van der Waals surface area (Å²) < 4.78 is 27.3. The first-order valence-electron chi connectivity index (χ1n) is 10.5. The van der Waals surface area contributed by atoms with Gasteiger partial charge in [-0.2, -0.15) is 5.10 Å². The van der Waals surface area contributed by atoms with Crippen LogP contribution in [0.1, 0.15) is 69.7 Å². The lowest BCUT2D eigenvalue weighted by Crippen LogP contribution is -2.57. The van der Waals surface area contributed by atoms with Gasteiger partial charge in [0.25, 0.3) is 6.43 Å². The van der Waals surface area contributed by atoms with Gasteiger partial charge in [0.05, 0.1) is 4.92 Å². The summed E-state index contributed by atoms with van der Waals surface area (Å²) in [4.78, 5) is 23.0. The van der Waals surface area contributed by atoms with Crippen LogP contribution in [0.5, 0.6) is 0 Å². The molecule has 1 aromatic heterocycles. The van der Waals surface area contributed by atoms with Gasteiger partial charge in [-0.1, -0.05) is 6.92 Å². The first-order valence-corrected chi connectivity index (χ1v) is 10.5. The van der Waals surface area contributed by atoms with E-state index in [0.717, 1.165) is 48.1 Å². The van der Waals surface area contributed by atoms with E-state index in [0.29, 0.717) is 0 Å². The van der Waals surface area contributed by atoms with Gasteiger partial charge >= 0.3 is 5.69 Å². The van der Waals surface area contributed by atoms with Gasteiger partial charge in [0.15, 0.2) is 0 Å². The Morgan fingerprint density at radius 3 is 2.24 bits per heavy atom. The molecule has 29 heavy (non-hydrogen) atoms. The Bertz CT molecular complexity index is 788. The quantitative estimate of drug-likeness (QED) is 0.540. The summed E-state index contributed by atoms with van der Waals surface area (Å²) in [6, 6.07) is 0.0452. The largest absolute Gasteiger partial charge is 0.351 e. The standard InChI is InChI=1S/C20H28F2N4O3/c1-3-15(20-7-12-4-13(8-20)6-14(5-12)9-20)23-16(27)10-25-11(2)18(26(28)29)17(24-25)19(21)22/h12-15,19H,3-10H2,1-2H3,(H,23,27). The molecule has 0 aromatic carbocycles. The number of hydrogen-bond donors (Lipinski definition) is 1. The van der Waals surface area contributed by atoms with E-state index in [4.69, 9.17) is 0 Å². The number of rotatable bonds is 7. The fraction of sp³-hybridized carbons (Fsp3) is 0.800. The minimum Gasteiger partial charge on any atom is -0.351 e. The van der Waals surface area contributed by atoms with E-state index in [1.54, 1.807) is 0 Å². The van der Waals surface area contributed by atoms with Crippen LogP contribution in [0, 0.1) is 40.2 Å². The SMILES string of the molecule is CCC(NC(=O)Cn1nc(C(F)F)c([N+](=O)[O-])c1C)C12CC3CC(CC(C3)C1)C2. The molecule has 4 saturated carbocycles. The Morgan fingerprint density at radius 1 is 1.28 bits per heavy atom. The van der Waals surface area contributed by atoms with Crippen molar-refractivity contribution in [1.82, 2.24) is 15.1 Å². The molecule has 160 valence electrons. The van der Waals surface area contributed by atoms with Crippen molar-refractivity contribution in [1.29, 1.82) is 0 Å². The summed E-state index contributed by atoms with van der Waals surface area (Å²) in [6.07, 6.45) is 5.16. The van der Waals surface area contributed by atoms with E-state index in [1.165, 1.54) is 26.2 Å². The number of nitrogens with one attached hydrogen (secondary N) is 1. The summed E-state index contributed by atoms with van der Waals surface area (Å²) in [5.41, 5.74) is -1.48. The molecule has 5 rings (SSSR count). The number of nitrogens with zero attached hydrogens (tertiary/aromatic N) is 3. The highest BCUT2D eigenvalue weighted by Crippen LogP contribution is 2.61. The van der Waals surface area contributed by atoms with Gasteiger partial charge in [-0.25, -0.2) is 8.78 Å². The predicted molar refractivity (Wildman–Crippen MR) is 101 cm³/mol. The molecule has 1 N–H and O–H groups in total. The molecule has 1 aromatic rings. The summed E-state index contributed by atoms with van der Waals surface area (Å²) >= 11 is 0. The van der Waals surface area contributed by atoms with Crippen molar-refractivity contribution in [2.24, 2.45) is 23.2 Å². The predicted octanol–water partition coefficient (Wildman–Crippen LogP) is 4.15. The van der Waals surface area contributed by atoms with E-state index >= 15 is 0 Å². The highest BCUT2D eigenvalue weighted by molar-refractivity contribution is 5.76. The molecule has 0 aliphatic heterocycles. The second-order valence-corrected chi connectivity index (χ2v) is 9.34. The summed E-state index contributed by atoms with van der Waals surface area (Å²) in [7, 11) is 0. The van der Waals surface area contributed by atoms with Gasteiger partial charge in [0, 0.05) is 6.04 Å². The van der Waals surface area contributed by atoms with Gasteiger partial charge in [0.2, 0.25) is 11.6 Å². The van der Waals surface area contributed by atoms with Crippen molar-refractivity contribution >= 4 is 11.6 Å². The fourth-order valence-electron chi connectivity index (χ4n) is 6.76. The molecule has 4 bridgehead atoms. The summed E-state index contributed by atoms with van der Waals surface area (Å²) in [5.74, 6) is 1.96. The van der Waals surface area contributed by atoms with Crippen LogP contribution in [-0.2, 0) is 11.3 Å². The van der Waals surface area contributed by atoms with Crippen LogP contribution < -0.4 is 5.32 Å². The Labute approximate surface area is 168 Å². The number of nitro groups is 1. The van der Waals surface area contributed by atoms with Crippen LogP contribution in [0.2, 0.25) is 0 Å². The average molecular weight is 410 g/mol. The normalized spacial score (nSPS) is 31.3. The Hall–Kier alpha value is -2.06. The molecule has 4 aliphatic carbocycles. The second kappa shape index (κ2) is 7.32. The number of aromatic nitrogens is 2. The van der Waals surface area contributed by atoms with Gasteiger partial charge < -0.3 is 5.32 Å². The van der Waals surface area contributed by atoms with Gasteiger partial charge in [0.1, 0.15) is 12.2 Å².